The summed E-state index contributed by atoms with van der Waals surface area (Å²) in [4.78, 5) is 13.0. The highest BCUT2D eigenvalue weighted by molar-refractivity contribution is 7.79. The molecule has 0 amide bonds. The quantitative estimate of drug-likeness (QED) is 0.0764. The van der Waals surface area contributed by atoms with Gasteiger partial charge in [-0.2, -0.15) is 0 Å². The van der Waals surface area contributed by atoms with Crippen molar-refractivity contribution in [2.75, 3.05) is 0 Å². The van der Waals surface area contributed by atoms with Gasteiger partial charge in [0.25, 0.3) is 0 Å². The number of hydrogen-bond donors (Lipinski definition) is 1. The molecule has 4 aromatic carbocycles. The lowest BCUT2D eigenvalue weighted by Crippen LogP contribution is -2.12. The Balaban J connectivity index is 0.000000439. The van der Waals surface area contributed by atoms with Crippen molar-refractivity contribution in [3.8, 4) is 5.75 Å². The van der Waals surface area contributed by atoms with Crippen LogP contribution in [0, 0.1) is 0 Å². The van der Waals surface area contributed by atoms with Gasteiger partial charge < -0.3 is 9.29 Å². The van der Waals surface area contributed by atoms with Crippen LogP contribution in [0.15, 0.2) is 83.3 Å². The highest BCUT2D eigenvalue weighted by atomic mass is 32.3. The maximum Gasteiger partial charge on any atom is 0.368 e. The van der Waals surface area contributed by atoms with Crippen molar-refractivity contribution >= 4 is 61.0 Å². The van der Waals surface area contributed by atoms with E-state index in [1.165, 1.54) is 0 Å². The molecule has 0 radical (unpaired) electrons. The van der Waals surface area contributed by atoms with E-state index in [9.17, 15) is 4.79 Å². The maximum atomic E-state index is 13.0. The molecule has 5 aromatic rings. The van der Waals surface area contributed by atoms with Gasteiger partial charge in [-0.25, -0.2) is 17.6 Å². The molecule has 1 aliphatic heterocycles. The molecule has 0 bridgehead atoms. The van der Waals surface area contributed by atoms with Crippen LogP contribution >= 0.6 is 0 Å². The second-order valence-corrected chi connectivity index (χ2v) is 8.43. The van der Waals surface area contributed by atoms with E-state index in [0.717, 1.165) is 38.1 Å². The fraction of sp³-hybridized carbons (Fsp3) is 0. The Hall–Kier alpha value is -4.11. The van der Waals surface area contributed by atoms with Gasteiger partial charge in [-0.05, 0) is 45.8 Å². The van der Waals surface area contributed by atoms with Crippen LogP contribution < -0.4 is 4.74 Å². The summed E-state index contributed by atoms with van der Waals surface area (Å²) in [6.45, 7) is 0. The zero-order chi connectivity index (χ0) is 23.9. The number of carbonyl (C=O) groups is 1. The first kappa shape index (κ1) is 21.7. The van der Waals surface area contributed by atoms with Gasteiger partial charge >= 0.3 is 17.3 Å². The summed E-state index contributed by atoms with van der Waals surface area (Å²) < 4.78 is 44.8. The Morgan fingerprint density at radius 3 is 2.15 bits per heavy atom. The highest BCUT2D eigenvalue weighted by Crippen LogP contribution is 2.35. The van der Waals surface area contributed by atoms with Crippen LogP contribution in [0.2, 0.25) is 0 Å². The SMILES string of the molecule is O=C1Oc2ccc3ccccc3c2/C=C\c2[o+]c3ccc4ccccc4c3cc21.O=S(=O)([O-])O. The zero-order valence-corrected chi connectivity index (χ0v) is 18.3. The summed E-state index contributed by atoms with van der Waals surface area (Å²) in [5.41, 5.74) is 2.03. The molecule has 0 aliphatic carbocycles. The van der Waals surface area contributed by atoms with Gasteiger partial charge in [-0.15, -0.1) is 0 Å². The highest BCUT2D eigenvalue weighted by Gasteiger charge is 2.27. The average Bonchev–Trinajstić information content (AvgIpc) is 2.80. The van der Waals surface area contributed by atoms with Crippen molar-refractivity contribution in [2.24, 2.45) is 0 Å². The van der Waals surface area contributed by atoms with Crippen molar-refractivity contribution in [2.45, 2.75) is 0 Å². The third kappa shape index (κ3) is 4.25. The molecule has 168 valence electrons. The summed E-state index contributed by atoms with van der Waals surface area (Å²) >= 11 is 0. The summed E-state index contributed by atoms with van der Waals surface area (Å²) in [7, 11) is -4.92. The van der Waals surface area contributed by atoms with Gasteiger partial charge in [0.2, 0.25) is 10.4 Å². The van der Waals surface area contributed by atoms with Gasteiger partial charge in [0, 0.05) is 17.7 Å². The molecule has 1 aliphatic rings. The molecule has 0 saturated carbocycles. The van der Waals surface area contributed by atoms with E-state index in [-0.39, 0.29) is 0 Å². The zero-order valence-electron chi connectivity index (χ0n) is 17.5. The van der Waals surface area contributed by atoms with Crippen molar-refractivity contribution in [1.82, 2.24) is 0 Å². The van der Waals surface area contributed by atoms with E-state index in [4.69, 9.17) is 26.7 Å². The molecule has 1 aromatic heterocycles. The van der Waals surface area contributed by atoms with Gasteiger partial charge in [0.05, 0.1) is 5.39 Å². The number of hydrogen-bond acceptors (Lipinski definition) is 5. The molecule has 0 saturated heterocycles. The molecule has 0 unspecified atom stereocenters. The van der Waals surface area contributed by atoms with E-state index in [0.29, 0.717) is 17.1 Å². The first-order chi connectivity index (χ1) is 16.3. The molecule has 6 rings (SSSR count). The summed E-state index contributed by atoms with van der Waals surface area (Å²) in [6, 6.07) is 25.8. The Bertz CT molecular complexity index is 1730. The minimum atomic E-state index is -4.92. The van der Waals surface area contributed by atoms with Crippen LogP contribution in [0.3, 0.4) is 0 Å². The lowest BCUT2D eigenvalue weighted by molar-refractivity contribution is 0.0732. The minimum Gasteiger partial charge on any atom is -0.726 e. The largest absolute Gasteiger partial charge is 0.726 e. The standard InChI is InChI=1S/C26H15O3.H2O4S/c27-26-22-15-21-19-8-4-2-6-17(19)10-13-24(21)28-25(22)14-11-20-18-7-3-1-5-16(18)9-12-23(20)29-26;1-5(2,3)4/h1-15H;(H2,1,2,3,4)/q+1;/p-1. The average molecular weight is 472 g/mol. The van der Waals surface area contributed by atoms with Crippen molar-refractivity contribution in [3.63, 3.8) is 0 Å². The number of carbonyl (C=O) groups excluding carboxylic acids is 1. The minimum absolute atomic E-state index is 0.417. The van der Waals surface area contributed by atoms with E-state index >= 15 is 0 Å². The molecule has 0 spiro atoms. The lowest BCUT2D eigenvalue weighted by atomic mass is 10.0. The number of fused-ring (bicyclic) bond motifs is 7. The fourth-order valence-electron chi connectivity index (χ4n) is 4.04. The second-order valence-electron chi connectivity index (χ2n) is 7.57. The van der Waals surface area contributed by atoms with Crippen LogP contribution in [0.5, 0.6) is 5.75 Å². The smallest absolute Gasteiger partial charge is 0.368 e. The Morgan fingerprint density at radius 2 is 1.41 bits per heavy atom. The molecule has 8 heteroatoms. The predicted octanol–water partition coefficient (Wildman–Crippen LogP) is 5.73. The first-order valence-corrected chi connectivity index (χ1v) is 11.5. The Kier molecular flexibility index (Phi) is 5.33. The molecule has 2 heterocycles. The van der Waals surface area contributed by atoms with Gasteiger partial charge in [-0.1, -0.05) is 54.6 Å². The number of benzene rings is 4. The topological polar surface area (TPSA) is 115 Å². The number of esters is 1. The molecule has 0 atom stereocenters. The molecular formula is C26H16O7S. The van der Waals surface area contributed by atoms with Crippen LogP contribution in [0.1, 0.15) is 21.7 Å². The fourth-order valence-corrected chi connectivity index (χ4v) is 4.04. The second kappa shape index (κ2) is 8.35. The normalized spacial score (nSPS) is 13.8. The third-order valence-corrected chi connectivity index (χ3v) is 5.46. The summed E-state index contributed by atoms with van der Waals surface area (Å²) in [5.74, 6) is 0.629. The van der Waals surface area contributed by atoms with Gasteiger partial charge in [0.15, 0.2) is 5.56 Å². The van der Waals surface area contributed by atoms with Crippen LogP contribution in [-0.2, 0) is 10.4 Å². The van der Waals surface area contributed by atoms with Crippen LogP contribution in [0.25, 0.3) is 44.7 Å². The summed E-state index contributed by atoms with van der Waals surface area (Å²) in [5, 5.41) is 5.16. The monoisotopic (exact) mass is 472 g/mol. The molecular weight excluding hydrogens is 456 g/mol. The Labute approximate surface area is 194 Å². The molecule has 7 nitrogen and oxygen atoms in total. The van der Waals surface area contributed by atoms with E-state index in [2.05, 4.69) is 0 Å². The maximum absolute atomic E-state index is 13.0. The number of ether oxygens (including phenoxy) is 1. The van der Waals surface area contributed by atoms with Crippen molar-refractivity contribution in [3.05, 3.63) is 95.7 Å². The third-order valence-electron chi connectivity index (χ3n) is 5.46. The number of rotatable bonds is 0. The van der Waals surface area contributed by atoms with Gasteiger partial charge in [-0.3, -0.25) is 4.55 Å². The first-order valence-electron chi connectivity index (χ1n) is 10.2. The van der Waals surface area contributed by atoms with E-state index < -0.39 is 16.4 Å². The Morgan fingerprint density at radius 1 is 0.794 bits per heavy atom. The van der Waals surface area contributed by atoms with E-state index in [1.54, 1.807) is 0 Å². The van der Waals surface area contributed by atoms with Crippen molar-refractivity contribution in [1.29, 1.82) is 0 Å². The summed E-state index contributed by atoms with van der Waals surface area (Å²) in [6.07, 6.45) is 3.81. The lowest BCUT2D eigenvalue weighted by Gasteiger charge is -2.12. The predicted molar refractivity (Wildman–Crippen MR) is 128 cm³/mol. The van der Waals surface area contributed by atoms with Crippen molar-refractivity contribution < 1.29 is 31.5 Å². The van der Waals surface area contributed by atoms with Gasteiger partial charge in [0.1, 0.15) is 5.75 Å². The molecule has 0 fully saturated rings. The molecule has 1 N–H and O–H groups in total. The van der Waals surface area contributed by atoms with E-state index in [1.807, 2.05) is 91.0 Å². The molecule has 34 heavy (non-hydrogen) atoms. The van der Waals surface area contributed by atoms with Crippen LogP contribution in [0.4, 0.5) is 0 Å². The van der Waals surface area contributed by atoms with Crippen LogP contribution in [-0.4, -0.2) is 23.5 Å².